The Morgan fingerprint density at radius 2 is 1.62 bits per heavy atom. The lowest BCUT2D eigenvalue weighted by molar-refractivity contribution is 0.309. The van der Waals surface area contributed by atoms with Gasteiger partial charge in [-0.05, 0) is 47.7 Å². The summed E-state index contributed by atoms with van der Waals surface area (Å²) in [5.74, 6) is 1.34. The van der Waals surface area contributed by atoms with Crippen LogP contribution >= 0.6 is 0 Å². The summed E-state index contributed by atoms with van der Waals surface area (Å²) < 4.78 is 5.81. The first-order valence-corrected chi connectivity index (χ1v) is 11.0. The number of hydrogen-bond donors (Lipinski definition) is 2. The fourth-order valence-corrected chi connectivity index (χ4v) is 3.77. The van der Waals surface area contributed by atoms with E-state index in [2.05, 4.69) is 35.1 Å². The van der Waals surface area contributed by atoms with Crippen molar-refractivity contribution in [3.8, 4) is 5.75 Å². The molecule has 0 aromatic heterocycles. The highest BCUT2D eigenvalue weighted by atomic mass is 16.5. The fourth-order valence-electron chi connectivity index (χ4n) is 3.77. The lowest BCUT2D eigenvalue weighted by Crippen LogP contribution is -2.44. The highest BCUT2D eigenvalue weighted by Gasteiger charge is 2.29. The maximum Gasteiger partial charge on any atom is 0.221 e. The summed E-state index contributed by atoms with van der Waals surface area (Å²) in [5, 5.41) is 0. The number of nitrogens with zero attached hydrogens (tertiary/aromatic N) is 3. The fraction of sp³-hybridized carbons (Fsp3) is 0.231. The number of nitrogens with two attached hydrogens (primary N) is 2. The van der Waals surface area contributed by atoms with Gasteiger partial charge in [0, 0.05) is 5.69 Å². The zero-order chi connectivity index (χ0) is 22.3. The molecule has 1 unspecified atom stereocenters. The maximum atomic E-state index is 6.39. The molecule has 0 radical (unpaired) electrons. The van der Waals surface area contributed by atoms with Gasteiger partial charge >= 0.3 is 0 Å². The van der Waals surface area contributed by atoms with Gasteiger partial charge in [-0.3, -0.25) is 4.90 Å². The van der Waals surface area contributed by atoms with Crippen LogP contribution in [-0.4, -0.2) is 18.5 Å². The molecule has 1 aliphatic rings. The number of guanidine groups is 2. The van der Waals surface area contributed by atoms with E-state index in [0.717, 1.165) is 41.8 Å². The van der Waals surface area contributed by atoms with Crippen molar-refractivity contribution in [1.29, 1.82) is 0 Å². The zero-order valence-corrected chi connectivity index (χ0v) is 18.3. The molecule has 4 N–H and O–H groups in total. The highest BCUT2D eigenvalue weighted by Crippen LogP contribution is 2.34. The van der Waals surface area contributed by atoms with E-state index in [1.807, 2.05) is 65.6 Å². The van der Waals surface area contributed by atoms with Gasteiger partial charge in [0.05, 0.1) is 6.61 Å². The average molecular weight is 428 g/mol. The van der Waals surface area contributed by atoms with Crippen LogP contribution in [0.2, 0.25) is 0 Å². The van der Waals surface area contributed by atoms with Crippen molar-refractivity contribution in [2.24, 2.45) is 21.5 Å². The number of hydrogen-bond acceptors (Lipinski definition) is 6. The van der Waals surface area contributed by atoms with Gasteiger partial charge in [-0.25, -0.2) is 4.99 Å². The Kier molecular flexibility index (Phi) is 6.70. The molecule has 6 nitrogen and oxygen atoms in total. The molecule has 3 aromatic rings. The normalized spacial score (nSPS) is 15.8. The van der Waals surface area contributed by atoms with E-state index < -0.39 is 6.17 Å². The summed E-state index contributed by atoms with van der Waals surface area (Å²) in [6.07, 6.45) is 2.50. The summed E-state index contributed by atoms with van der Waals surface area (Å²) in [5.41, 5.74) is 16.7. The Morgan fingerprint density at radius 1 is 0.906 bits per heavy atom. The number of benzene rings is 3. The van der Waals surface area contributed by atoms with Crippen LogP contribution in [0.4, 0.5) is 5.69 Å². The molecule has 0 saturated heterocycles. The number of aliphatic imine (C=N–C) groups is 2. The first-order valence-electron chi connectivity index (χ1n) is 11.0. The Bertz CT molecular complexity index is 1090. The van der Waals surface area contributed by atoms with Crippen molar-refractivity contribution < 1.29 is 4.74 Å². The minimum Gasteiger partial charge on any atom is -0.494 e. The molecule has 32 heavy (non-hydrogen) atoms. The Morgan fingerprint density at radius 3 is 2.38 bits per heavy atom. The first kappa shape index (κ1) is 21.4. The van der Waals surface area contributed by atoms with Gasteiger partial charge in [0.15, 0.2) is 6.17 Å². The third-order valence-electron chi connectivity index (χ3n) is 5.41. The molecule has 6 heteroatoms. The van der Waals surface area contributed by atoms with Crippen LogP contribution in [0.5, 0.6) is 5.75 Å². The smallest absolute Gasteiger partial charge is 0.221 e. The minimum atomic E-state index is -0.408. The van der Waals surface area contributed by atoms with Gasteiger partial charge in [-0.1, -0.05) is 74.0 Å². The molecule has 0 saturated carbocycles. The molecular formula is C26H29N5O. The quantitative estimate of drug-likeness (QED) is 0.514. The SMILES string of the molecule is CCCCOc1ccc(C2N=C(N)N=C(N)N2c2ccccc2Cc2ccccc2)cc1. The molecular weight excluding hydrogens is 398 g/mol. The molecule has 0 spiro atoms. The van der Waals surface area contributed by atoms with Crippen LogP contribution in [0.25, 0.3) is 0 Å². The van der Waals surface area contributed by atoms with Gasteiger partial charge in [0.25, 0.3) is 0 Å². The van der Waals surface area contributed by atoms with Crippen LogP contribution < -0.4 is 21.1 Å². The van der Waals surface area contributed by atoms with Crippen molar-refractivity contribution in [3.05, 3.63) is 95.6 Å². The molecule has 0 aliphatic carbocycles. The topological polar surface area (TPSA) is 89.2 Å². The lowest BCUT2D eigenvalue weighted by Gasteiger charge is -2.34. The second kappa shape index (κ2) is 10.0. The standard InChI is InChI=1S/C26H29N5O/c1-2-3-17-32-22-15-13-20(14-16-22)24-29-25(27)30-26(28)31(24)23-12-8-7-11-21(23)18-19-9-5-4-6-10-19/h4-16,24H,2-3,17-18H2,1H3,(H4,27,28,29,30). The first-order chi connectivity index (χ1) is 15.7. The summed E-state index contributed by atoms with van der Waals surface area (Å²) in [6.45, 7) is 2.86. The van der Waals surface area contributed by atoms with Gasteiger partial charge in [-0.2, -0.15) is 4.99 Å². The summed E-state index contributed by atoms with van der Waals surface area (Å²) >= 11 is 0. The number of para-hydroxylation sites is 1. The maximum absolute atomic E-state index is 6.39. The Hall–Kier alpha value is -3.80. The molecule has 4 rings (SSSR count). The van der Waals surface area contributed by atoms with Crippen molar-refractivity contribution in [3.63, 3.8) is 0 Å². The molecule has 0 amide bonds. The molecule has 0 fully saturated rings. The van der Waals surface area contributed by atoms with Gasteiger partial charge < -0.3 is 16.2 Å². The van der Waals surface area contributed by atoms with Crippen LogP contribution in [0, 0.1) is 0 Å². The Balaban J connectivity index is 1.66. The average Bonchev–Trinajstić information content (AvgIpc) is 2.81. The van der Waals surface area contributed by atoms with E-state index >= 15 is 0 Å². The van der Waals surface area contributed by atoms with Gasteiger partial charge in [0.1, 0.15) is 5.75 Å². The van der Waals surface area contributed by atoms with Gasteiger partial charge in [0.2, 0.25) is 11.9 Å². The van der Waals surface area contributed by atoms with Gasteiger partial charge in [-0.15, -0.1) is 0 Å². The second-order valence-electron chi connectivity index (χ2n) is 7.76. The van der Waals surface area contributed by atoms with Crippen molar-refractivity contribution in [1.82, 2.24) is 0 Å². The summed E-state index contributed by atoms with van der Waals surface area (Å²) in [7, 11) is 0. The third-order valence-corrected chi connectivity index (χ3v) is 5.41. The minimum absolute atomic E-state index is 0.174. The number of rotatable bonds is 8. The van der Waals surface area contributed by atoms with E-state index in [4.69, 9.17) is 16.2 Å². The number of ether oxygens (including phenoxy) is 1. The molecule has 1 heterocycles. The van der Waals surface area contributed by atoms with E-state index in [1.54, 1.807) is 0 Å². The predicted octanol–water partition coefficient (Wildman–Crippen LogP) is 4.60. The Labute approximate surface area is 189 Å². The molecule has 1 atom stereocenters. The molecule has 0 bridgehead atoms. The molecule has 164 valence electrons. The zero-order valence-electron chi connectivity index (χ0n) is 18.3. The number of anilines is 1. The third kappa shape index (κ3) is 4.91. The lowest BCUT2D eigenvalue weighted by atomic mass is 10.0. The largest absolute Gasteiger partial charge is 0.494 e. The van der Waals surface area contributed by atoms with Crippen LogP contribution in [0.15, 0.2) is 88.8 Å². The van der Waals surface area contributed by atoms with E-state index in [0.29, 0.717) is 12.6 Å². The van der Waals surface area contributed by atoms with Crippen molar-refractivity contribution in [2.45, 2.75) is 32.4 Å². The van der Waals surface area contributed by atoms with Crippen LogP contribution in [0.3, 0.4) is 0 Å². The van der Waals surface area contributed by atoms with Crippen molar-refractivity contribution >= 4 is 17.6 Å². The molecule has 3 aromatic carbocycles. The monoisotopic (exact) mass is 427 g/mol. The highest BCUT2D eigenvalue weighted by molar-refractivity contribution is 6.05. The second-order valence-corrected chi connectivity index (χ2v) is 7.76. The van der Waals surface area contributed by atoms with E-state index in [9.17, 15) is 0 Å². The van der Waals surface area contributed by atoms with E-state index in [1.165, 1.54) is 5.56 Å². The van der Waals surface area contributed by atoms with Crippen molar-refractivity contribution in [2.75, 3.05) is 11.5 Å². The predicted molar refractivity (Wildman–Crippen MR) is 131 cm³/mol. The summed E-state index contributed by atoms with van der Waals surface area (Å²) in [4.78, 5) is 10.8. The molecule has 1 aliphatic heterocycles. The summed E-state index contributed by atoms with van der Waals surface area (Å²) in [6, 6.07) is 26.5. The van der Waals surface area contributed by atoms with E-state index in [-0.39, 0.29) is 5.96 Å². The number of unbranched alkanes of at least 4 members (excludes halogenated alkanes) is 1. The van der Waals surface area contributed by atoms with Crippen LogP contribution in [-0.2, 0) is 6.42 Å². The van der Waals surface area contributed by atoms with Crippen LogP contribution in [0.1, 0.15) is 42.6 Å².